The van der Waals surface area contributed by atoms with Gasteiger partial charge in [0.15, 0.2) is 15.7 Å². The van der Waals surface area contributed by atoms with E-state index in [-0.39, 0.29) is 29.7 Å². The highest BCUT2D eigenvalue weighted by atomic mass is 32.2. The number of hydrogen-bond donors (Lipinski definition) is 2. The van der Waals surface area contributed by atoms with Crippen molar-refractivity contribution in [2.24, 2.45) is 11.8 Å². The molecular weight excluding hydrogens is 320 g/mol. The summed E-state index contributed by atoms with van der Waals surface area (Å²) in [5, 5.41) is 8.90. The Morgan fingerprint density at radius 1 is 1.30 bits per heavy atom. The normalized spacial score (nSPS) is 25.1. The van der Waals surface area contributed by atoms with Gasteiger partial charge in [-0.3, -0.25) is 5.32 Å². The summed E-state index contributed by atoms with van der Waals surface area (Å²) in [4.78, 5) is 15.8. The van der Waals surface area contributed by atoms with Gasteiger partial charge in [0, 0.05) is 12.3 Å². The van der Waals surface area contributed by atoms with E-state index in [4.69, 9.17) is 4.52 Å². The first-order valence-corrected chi connectivity index (χ1v) is 10.0. The van der Waals surface area contributed by atoms with E-state index in [1.165, 1.54) is 32.1 Å². The van der Waals surface area contributed by atoms with Crippen LogP contribution in [0.25, 0.3) is 0 Å². The molecule has 0 saturated heterocycles. The van der Waals surface area contributed by atoms with E-state index in [2.05, 4.69) is 20.8 Å². The molecule has 0 bridgehead atoms. The third kappa shape index (κ3) is 4.66. The van der Waals surface area contributed by atoms with Crippen LogP contribution in [0, 0.1) is 11.8 Å². The molecule has 2 atom stereocenters. The van der Waals surface area contributed by atoms with Crippen LogP contribution in [0.3, 0.4) is 0 Å². The number of nitrogens with one attached hydrogen (secondary N) is 2. The van der Waals surface area contributed by atoms with Crippen LogP contribution in [0.5, 0.6) is 0 Å². The highest BCUT2D eigenvalue weighted by Crippen LogP contribution is 2.44. The zero-order chi connectivity index (χ0) is 16.4. The monoisotopic (exact) mass is 342 g/mol. The van der Waals surface area contributed by atoms with Crippen molar-refractivity contribution in [1.82, 2.24) is 15.5 Å². The van der Waals surface area contributed by atoms with Gasteiger partial charge in [0.25, 0.3) is 0 Å². The number of amides is 2. The number of rotatable bonds is 5. The number of anilines is 1. The van der Waals surface area contributed by atoms with Crippen molar-refractivity contribution in [2.75, 3.05) is 11.6 Å². The fourth-order valence-electron chi connectivity index (χ4n) is 3.36. The van der Waals surface area contributed by atoms with Crippen LogP contribution in [0.2, 0.25) is 0 Å². The molecule has 128 valence electrons. The minimum atomic E-state index is -3.23. The molecule has 3 rings (SSSR count). The van der Waals surface area contributed by atoms with Gasteiger partial charge in [0.2, 0.25) is 0 Å². The Hall–Kier alpha value is -1.64. The quantitative estimate of drug-likeness (QED) is 0.842. The molecular formula is C14H22N4O4S. The Morgan fingerprint density at radius 3 is 2.74 bits per heavy atom. The average molecular weight is 342 g/mol. The maximum absolute atomic E-state index is 11.9. The molecule has 1 heterocycles. The number of hydrogen-bond acceptors (Lipinski definition) is 6. The lowest BCUT2D eigenvalue weighted by Crippen LogP contribution is -2.32. The number of sulfone groups is 1. The van der Waals surface area contributed by atoms with Gasteiger partial charge < -0.3 is 9.84 Å². The van der Waals surface area contributed by atoms with Crippen molar-refractivity contribution >= 4 is 21.9 Å². The summed E-state index contributed by atoms with van der Waals surface area (Å²) >= 11 is 0. The van der Waals surface area contributed by atoms with Crippen LogP contribution in [0.15, 0.2) is 4.52 Å². The molecule has 0 spiro atoms. The zero-order valence-corrected chi connectivity index (χ0v) is 13.9. The highest BCUT2D eigenvalue weighted by Gasteiger charge is 2.43. The molecule has 2 aliphatic carbocycles. The molecule has 9 heteroatoms. The van der Waals surface area contributed by atoms with Crippen LogP contribution in [-0.2, 0) is 15.6 Å². The third-order valence-corrected chi connectivity index (χ3v) is 5.27. The summed E-state index contributed by atoms with van der Waals surface area (Å²) in [5.74, 6) is 1.05. The first-order valence-electron chi connectivity index (χ1n) is 7.98. The Kier molecular flexibility index (Phi) is 4.56. The lowest BCUT2D eigenvalue weighted by atomic mass is 9.85. The maximum Gasteiger partial charge on any atom is 0.329 e. The molecule has 2 amide bonds. The molecule has 2 saturated carbocycles. The minimum absolute atomic E-state index is 0.0364. The van der Waals surface area contributed by atoms with E-state index >= 15 is 0 Å². The smallest absolute Gasteiger partial charge is 0.329 e. The van der Waals surface area contributed by atoms with Gasteiger partial charge >= 0.3 is 12.0 Å². The van der Waals surface area contributed by atoms with Gasteiger partial charge in [0.1, 0.15) is 5.75 Å². The van der Waals surface area contributed by atoms with E-state index in [1.54, 1.807) is 0 Å². The molecule has 2 N–H and O–H groups in total. The van der Waals surface area contributed by atoms with Gasteiger partial charge in [0.05, 0.1) is 0 Å². The standard InChI is InChI=1S/C14H22N4O4S/c1-23(20,21)8-12-16-14(22-18-12)17-13(19)15-11-7-10(11)9-5-3-2-4-6-9/h9-11H,2-8H2,1H3,(H2,15,16,17,18,19)/t10-,11+/m0/s1. The molecule has 0 aliphatic heterocycles. The van der Waals surface area contributed by atoms with Crippen LogP contribution < -0.4 is 10.6 Å². The van der Waals surface area contributed by atoms with E-state index in [0.29, 0.717) is 5.92 Å². The zero-order valence-electron chi connectivity index (χ0n) is 13.1. The Bertz CT molecular complexity index is 666. The van der Waals surface area contributed by atoms with Crippen molar-refractivity contribution in [1.29, 1.82) is 0 Å². The molecule has 0 aromatic carbocycles. The van der Waals surface area contributed by atoms with E-state index in [9.17, 15) is 13.2 Å². The molecule has 23 heavy (non-hydrogen) atoms. The third-order valence-electron chi connectivity index (χ3n) is 4.49. The van der Waals surface area contributed by atoms with Crippen molar-refractivity contribution in [3.8, 4) is 0 Å². The minimum Gasteiger partial charge on any atom is -0.335 e. The first-order chi connectivity index (χ1) is 10.9. The first kappa shape index (κ1) is 16.2. The van der Waals surface area contributed by atoms with Crippen LogP contribution >= 0.6 is 0 Å². The van der Waals surface area contributed by atoms with Crippen LogP contribution in [-0.4, -0.2) is 36.9 Å². The van der Waals surface area contributed by atoms with Crippen molar-refractivity contribution < 1.29 is 17.7 Å². The van der Waals surface area contributed by atoms with Crippen molar-refractivity contribution in [2.45, 2.75) is 50.3 Å². The number of nitrogens with zero attached hydrogens (tertiary/aromatic N) is 2. The topological polar surface area (TPSA) is 114 Å². The van der Waals surface area contributed by atoms with Gasteiger partial charge in [-0.1, -0.05) is 37.3 Å². The number of urea groups is 1. The molecule has 1 aromatic heterocycles. The molecule has 2 aliphatic rings. The summed E-state index contributed by atoms with van der Waals surface area (Å²) in [5.41, 5.74) is 0. The Morgan fingerprint density at radius 2 is 2.04 bits per heavy atom. The van der Waals surface area contributed by atoms with E-state index < -0.39 is 9.84 Å². The van der Waals surface area contributed by atoms with Gasteiger partial charge in [-0.05, 0) is 18.3 Å². The van der Waals surface area contributed by atoms with Gasteiger partial charge in [-0.15, -0.1) is 0 Å². The van der Waals surface area contributed by atoms with E-state index in [1.807, 2.05) is 0 Å². The predicted octanol–water partition coefficient (Wildman–Crippen LogP) is 1.70. The summed E-state index contributed by atoms with van der Waals surface area (Å²) in [6, 6.07) is -0.254. The largest absolute Gasteiger partial charge is 0.335 e. The van der Waals surface area contributed by atoms with Crippen molar-refractivity contribution in [3.63, 3.8) is 0 Å². The van der Waals surface area contributed by atoms with Crippen molar-refractivity contribution in [3.05, 3.63) is 5.82 Å². The second kappa shape index (κ2) is 6.46. The molecule has 1 aromatic rings. The van der Waals surface area contributed by atoms with Gasteiger partial charge in [-0.25, -0.2) is 13.2 Å². The number of carbonyl (C=O) groups is 1. The van der Waals surface area contributed by atoms with Crippen LogP contribution in [0.1, 0.15) is 44.3 Å². The lowest BCUT2D eigenvalue weighted by Gasteiger charge is -2.21. The lowest BCUT2D eigenvalue weighted by molar-refractivity contribution is 0.248. The summed E-state index contributed by atoms with van der Waals surface area (Å²) in [6.45, 7) is 0. The summed E-state index contributed by atoms with van der Waals surface area (Å²) in [6.07, 6.45) is 8.57. The number of aromatic nitrogens is 2. The Balaban J connectivity index is 1.45. The molecule has 0 unspecified atom stereocenters. The van der Waals surface area contributed by atoms with Crippen LogP contribution in [0.4, 0.5) is 10.8 Å². The predicted molar refractivity (Wildman–Crippen MR) is 83.5 cm³/mol. The maximum atomic E-state index is 11.9. The molecule has 2 fully saturated rings. The van der Waals surface area contributed by atoms with E-state index in [0.717, 1.165) is 18.6 Å². The summed E-state index contributed by atoms with van der Waals surface area (Å²) in [7, 11) is -3.23. The average Bonchev–Trinajstić information content (AvgIpc) is 3.10. The molecule has 0 radical (unpaired) electrons. The second-order valence-corrected chi connectivity index (χ2v) is 8.73. The molecule has 8 nitrogen and oxygen atoms in total. The second-order valence-electron chi connectivity index (χ2n) is 6.59. The number of carbonyl (C=O) groups excluding carboxylic acids is 1. The van der Waals surface area contributed by atoms with Gasteiger partial charge in [-0.2, -0.15) is 4.98 Å². The fourth-order valence-corrected chi connectivity index (χ4v) is 3.95. The summed E-state index contributed by atoms with van der Waals surface area (Å²) < 4.78 is 27.1. The highest BCUT2D eigenvalue weighted by molar-refractivity contribution is 7.89. The fraction of sp³-hybridized carbons (Fsp3) is 0.786. The SMILES string of the molecule is CS(=O)(=O)Cc1noc(NC(=O)N[C@@H]2C[C@H]2C2CCCCC2)n1. The Labute approximate surface area is 135 Å².